The summed E-state index contributed by atoms with van der Waals surface area (Å²) in [6, 6.07) is 6.60. The third kappa shape index (κ3) is 3.29. The van der Waals surface area contributed by atoms with Gasteiger partial charge in [0.1, 0.15) is 0 Å². The van der Waals surface area contributed by atoms with Crippen LogP contribution in [-0.2, 0) is 0 Å². The summed E-state index contributed by atoms with van der Waals surface area (Å²) in [5.41, 5.74) is 6.30. The minimum atomic E-state index is -0.605. The number of nitrogens with zero attached hydrogens (tertiary/aromatic N) is 1. The van der Waals surface area contributed by atoms with E-state index >= 15 is 0 Å². The Labute approximate surface area is 119 Å². The van der Waals surface area contributed by atoms with E-state index in [1.54, 1.807) is 24.3 Å². The highest BCUT2D eigenvalue weighted by molar-refractivity contribution is 5.95. The van der Waals surface area contributed by atoms with E-state index in [0.29, 0.717) is 17.3 Å². The van der Waals surface area contributed by atoms with E-state index in [0.717, 1.165) is 25.8 Å². The number of rotatable bonds is 3. The van der Waals surface area contributed by atoms with Crippen molar-refractivity contribution in [1.29, 1.82) is 0 Å². The number of nitrogens with one attached hydrogen (secondary N) is 1. The van der Waals surface area contributed by atoms with Crippen molar-refractivity contribution in [2.75, 3.05) is 11.9 Å². The predicted molar refractivity (Wildman–Crippen MR) is 78.6 cm³/mol. The molecule has 1 aliphatic heterocycles. The van der Waals surface area contributed by atoms with E-state index in [1.807, 2.05) is 4.90 Å². The van der Waals surface area contributed by atoms with Crippen LogP contribution in [-0.4, -0.2) is 29.4 Å². The zero-order valence-corrected chi connectivity index (χ0v) is 11.8. The smallest absolute Gasteiger partial charge is 0.316 e. The Morgan fingerprint density at radius 2 is 2.00 bits per heavy atom. The lowest BCUT2D eigenvalue weighted by Crippen LogP contribution is -2.43. The van der Waals surface area contributed by atoms with Crippen molar-refractivity contribution in [1.82, 2.24) is 4.90 Å². The number of primary amides is 1. The van der Waals surface area contributed by atoms with Crippen molar-refractivity contribution in [3.05, 3.63) is 29.8 Å². The van der Waals surface area contributed by atoms with Crippen LogP contribution >= 0.6 is 0 Å². The summed E-state index contributed by atoms with van der Waals surface area (Å²) in [6.45, 7) is 2.95. The number of nitrogens with two attached hydrogens (primary N) is 1. The van der Waals surface area contributed by atoms with E-state index < -0.39 is 6.03 Å². The maximum absolute atomic E-state index is 12.5. The molecule has 5 nitrogen and oxygen atoms in total. The average molecular weight is 275 g/mol. The third-order valence-electron chi connectivity index (χ3n) is 3.76. The molecule has 0 bridgehead atoms. The standard InChI is InChI=1S/C15H21N3O2/c1-2-13-5-3-4-10-18(13)14(19)11-6-8-12(9-7-11)17-15(16)20/h6-9,13H,2-5,10H2,1H3,(H3,16,17,20)/t13-/m0/s1. The van der Waals surface area contributed by atoms with Gasteiger partial charge in [-0.3, -0.25) is 4.79 Å². The lowest BCUT2D eigenvalue weighted by molar-refractivity contribution is 0.0608. The predicted octanol–water partition coefficient (Wildman–Crippen LogP) is 2.58. The molecule has 3 N–H and O–H groups in total. The molecule has 20 heavy (non-hydrogen) atoms. The first-order chi connectivity index (χ1) is 9.61. The second-order valence-corrected chi connectivity index (χ2v) is 5.12. The van der Waals surface area contributed by atoms with Gasteiger partial charge >= 0.3 is 6.03 Å². The Morgan fingerprint density at radius 1 is 1.30 bits per heavy atom. The summed E-state index contributed by atoms with van der Waals surface area (Å²) < 4.78 is 0. The zero-order valence-electron chi connectivity index (χ0n) is 11.8. The number of anilines is 1. The number of hydrogen-bond acceptors (Lipinski definition) is 2. The molecule has 0 aliphatic carbocycles. The van der Waals surface area contributed by atoms with Crippen LogP contribution in [0.25, 0.3) is 0 Å². The van der Waals surface area contributed by atoms with E-state index in [1.165, 1.54) is 6.42 Å². The van der Waals surface area contributed by atoms with Gasteiger partial charge in [-0.2, -0.15) is 0 Å². The van der Waals surface area contributed by atoms with Gasteiger partial charge in [0.2, 0.25) is 0 Å². The molecule has 1 atom stereocenters. The highest BCUT2D eigenvalue weighted by Crippen LogP contribution is 2.22. The molecule has 5 heteroatoms. The average Bonchev–Trinajstić information content (AvgIpc) is 2.46. The number of piperidine rings is 1. The summed E-state index contributed by atoms with van der Waals surface area (Å²) in [4.78, 5) is 25.2. The van der Waals surface area contributed by atoms with Crippen LogP contribution in [0.5, 0.6) is 0 Å². The molecule has 0 aromatic heterocycles. The van der Waals surface area contributed by atoms with Crippen LogP contribution < -0.4 is 11.1 Å². The Hall–Kier alpha value is -2.04. The van der Waals surface area contributed by atoms with Crippen molar-refractivity contribution in [3.8, 4) is 0 Å². The van der Waals surface area contributed by atoms with Crippen molar-refractivity contribution in [2.24, 2.45) is 5.73 Å². The van der Waals surface area contributed by atoms with Gasteiger partial charge in [0.25, 0.3) is 5.91 Å². The second kappa shape index (κ2) is 6.41. The number of likely N-dealkylation sites (tertiary alicyclic amines) is 1. The highest BCUT2D eigenvalue weighted by Gasteiger charge is 2.25. The molecule has 1 aliphatic rings. The Kier molecular flexibility index (Phi) is 4.61. The zero-order chi connectivity index (χ0) is 14.5. The van der Waals surface area contributed by atoms with Gasteiger partial charge in [-0.05, 0) is 49.9 Å². The first kappa shape index (κ1) is 14.4. The Balaban J connectivity index is 2.09. The van der Waals surface area contributed by atoms with E-state index in [-0.39, 0.29) is 5.91 Å². The quantitative estimate of drug-likeness (QED) is 0.889. The molecular weight excluding hydrogens is 254 g/mol. The van der Waals surface area contributed by atoms with E-state index in [9.17, 15) is 9.59 Å². The number of benzene rings is 1. The van der Waals surface area contributed by atoms with Gasteiger partial charge in [0, 0.05) is 23.8 Å². The lowest BCUT2D eigenvalue weighted by Gasteiger charge is -2.35. The van der Waals surface area contributed by atoms with Crippen molar-refractivity contribution < 1.29 is 9.59 Å². The molecule has 1 saturated heterocycles. The number of amides is 3. The van der Waals surface area contributed by atoms with Gasteiger partial charge in [-0.15, -0.1) is 0 Å². The van der Waals surface area contributed by atoms with Crippen molar-refractivity contribution in [3.63, 3.8) is 0 Å². The second-order valence-electron chi connectivity index (χ2n) is 5.12. The molecule has 2 rings (SSSR count). The Morgan fingerprint density at radius 3 is 2.60 bits per heavy atom. The number of carbonyl (C=O) groups excluding carboxylic acids is 2. The normalized spacial score (nSPS) is 18.6. The van der Waals surface area contributed by atoms with Gasteiger partial charge in [0.05, 0.1) is 0 Å². The summed E-state index contributed by atoms with van der Waals surface area (Å²) in [6.07, 6.45) is 4.35. The summed E-state index contributed by atoms with van der Waals surface area (Å²) in [5, 5.41) is 2.48. The van der Waals surface area contributed by atoms with Crippen molar-refractivity contribution in [2.45, 2.75) is 38.6 Å². The van der Waals surface area contributed by atoms with E-state index in [2.05, 4.69) is 12.2 Å². The monoisotopic (exact) mass is 275 g/mol. The lowest BCUT2D eigenvalue weighted by atomic mass is 9.99. The fourth-order valence-corrected chi connectivity index (χ4v) is 2.70. The van der Waals surface area contributed by atoms with Crippen molar-refractivity contribution >= 4 is 17.6 Å². The van der Waals surface area contributed by atoms with Gasteiger partial charge in [0.15, 0.2) is 0 Å². The first-order valence-corrected chi connectivity index (χ1v) is 7.09. The third-order valence-corrected chi connectivity index (χ3v) is 3.76. The van der Waals surface area contributed by atoms with Crippen LogP contribution in [0.3, 0.4) is 0 Å². The molecule has 108 valence electrons. The van der Waals surface area contributed by atoms with Gasteiger partial charge in [-0.1, -0.05) is 6.92 Å². The first-order valence-electron chi connectivity index (χ1n) is 7.09. The van der Waals surface area contributed by atoms with Crippen LogP contribution in [0.1, 0.15) is 43.0 Å². The Bertz CT molecular complexity index is 484. The maximum Gasteiger partial charge on any atom is 0.316 e. The van der Waals surface area contributed by atoms with Crippen LogP contribution in [0.4, 0.5) is 10.5 Å². The molecule has 0 radical (unpaired) electrons. The molecule has 0 spiro atoms. The maximum atomic E-state index is 12.5. The van der Waals surface area contributed by atoms with Crippen LogP contribution in [0.15, 0.2) is 24.3 Å². The largest absolute Gasteiger partial charge is 0.351 e. The highest BCUT2D eigenvalue weighted by atomic mass is 16.2. The molecule has 1 aromatic carbocycles. The SMILES string of the molecule is CC[C@H]1CCCCN1C(=O)c1ccc(NC(N)=O)cc1. The minimum Gasteiger partial charge on any atom is -0.351 e. The van der Waals surface area contributed by atoms with Crippen LogP contribution in [0.2, 0.25) is 0 Å². The molecule has 0 unspecified atom stereocenters. The number of carbonyl (C=O) groups is 2. The fourth-order valence-electron chi connectivity index (χ4n) is 2.70. The van der Waals surface area contributed by atoms with Gasteiger partial charge < -0.3 is 16.0 Å². The molecule has 3 amide bonds. The summed E-state index contributed by atoms with van der Waals surface area (Å²) in [5.74, 6) is 0.0715. The number of hydrogen-bond donors (Lipinski definition) is 2. The molecular formula is C15H21N3O2. The fraction of sp³-hybridized carbons (Fsp3) is 0.467. The molecule has 0 saturated carbocycles. The van der Waals surface area contributed by atoms with Gasteiger partial charge in [-0.25, -0.2) is 4.79 Å². The minimum absolute atomic E-state index is 0.0715. The molecule has 1 heterocycles. The summed E-state index contributed by atoms with van der Waals surface area (Å²) in [7, 11) is 0. The molecule has 1 fully saturated rings. The number of urea groups is 1. The van der Waals surface area contributed by atoms with E-state index in [4.69, 9.17) is 5.73 Å². The summed E-state index contributed by atoms with van der Waals surface area (Å²) >= 11 is 0. The molecule has 1 aromatic rings. The topological polar surface area (TPSA) is 75.4 Å². The van der Waals surface area contributed by atoms with Crippen LogP contribution in [0, 0.1) is 0 Å².